The van der Waals surface area contributed by atoms with Gasteiger partial charge in [-0.2, -0.15) is 5.10 Å². The molecule has 0 saturated carbocycles. The van der Waals surface area contributed by atoms with Crippen LogP contribution in [-0.4, -0.2) is 54.2 Å². The number of nitrogens with zero attached hydrogens (tertiary/aromatic N) is 2. The van der Waals surface area contributed by atoms with Crippen LogP contribution in [0, 0.1) is 5.92 Å². The predicted molar refractivity (Wildman–Crippen MR) is 64.9 cm³/mol. The van der Waals surface area contributed by atoms with E-state index < -0.39 is 27.6 Å². The molecule has 1 atom stereocenters. The molecule has 102 valence electrons. The van der Waals surface area contributed by atoms with E-state index in [1.807, 2.05) is 0 Å². The van der Waals surface area contributed by atoms with Gasteiger partial charge in [-0.3, -0.25) is 9.59 Å². The zero-order chi connectivity index (χ0) is 13.9. The third-order valence-corrected chi connectivity index (χ3v) is 4.45. The molecule has 1 rings (SSSR count). The molecular weight excluding hydrogens is 260 g/mol. The lowest BCUT2D eigenvalue weighted by Crippen LogP contribution is -2.32. The number of carboxylic acid groups (broad SMARTS) is 1. The van der Waals surface area contributed by atoms with Crippen molar-refractivity contribution in [1.29, 1.82) is 0 Å². The van der Waals surface area contributed by atoms with Crippen LogP contribution in [0.5, 0.6) is 0 Å². The first-order chi connectivity index (χ1) is 8.26. The SMILES string of the molecule is CCS(=O)(=O)CCN1N=C(C)C(CC(=O)O)C1=O. The van der Waals surface area contributed by atoms with E-state index in [9.17, 15) is 18.0 Å². The summed E-state index contributed by atoms with van der Waals surface area (Å²) in [6.07, 6.45) is -0.314. The molecule has 1 N–H and O–H groups in total. The Kier molecular flexibility index (Phi) is 4.44. The average Bonchev–Trinajstić information content (AvgIpc) is 2.54. The van der Waals surface area contributed by atoms with Gasteiger partial charge in [0.15, 0.2) is 9.84 Å². The maximum atomic E-state index is 11.8. The van der Waals surface area contributed by atoms with Crippen molar-refractivity contribution in [2.75, 3.05) is 18.1 Å². The van der Waals surface area contributed by atoms with Crippen molar-refractivity contribution < 1.29 is 23.1 Å². The topological polar surface area (TPSA) is 104 Å². The van der Waals surface area contributed by atoms with E-state index in [2.05, 4.69) is 5.10 Å². The van der Waals surface area contributed by atoms with Gasteiger partial charge in [0, 0.05) is 11.5 Å². The van der Waals surface area contributed by atoms with Crippen LogP contribution >= 0.6 is 0 Å². The van der Waals surface area contributed by atoms with Crippen LogP contribution in [0.25, 0.3) is 0 Å². The highest BCUT2D eigenvalue weighted by molar-refractivity contribution is 7.91. The molecule has 18 heavy (non-hydrogen) atoms. The highest BCUT2D eigenvalue weighted by Gasteiger charge is 2.35. The standard InChI is InChI=1S/C10H16N2O5S/c1-3-18(16,17)5-4-12-10(15)8(6-9(13)14)7(2)11-12/h8H,3-6H2,1-2H3,(H,13,14). The Morgan fingerprint density at radius 2 is 2.11 bits per heavy atom. The molecule has 1 aliphatic heterocycles. The summed E-state index contributed by atoms with van der Waals surface area (Å²) in [7, 11) is -3.17. The third-order valence-electron chi connectivity index (χ3n) is 2.77. The lowest BCUT2D eigenvalue weighted by atomic mass is 10.0. The number of sulfone groups is 1. The fraction of sp³-hybridized carbons (Fsp3) is 0.700. The lowest BCUT2D eigenvalue weighted by molar-refractivity contribution is -0.141. The molecule has 0 radical (unpaired) electrons. The zero-order valence-electron chi connectivity index (χ0n) is 10.3. The van der Waals surface area contributed by atoms with Gasteiger partial charge in [-0.15, -0.1) is 0 Å². The Morgan fingerprint density at radius 1 is 1.50 bits per heavy atom. The summed E-state index contributed by atoms with van der Waals surface area (Å²) < 4.78 is 22.6. The van der Waals surface area contributed by atoms with Crippen LogP contribution in [0.15, 0.2) is 5.10 Å². The summed E-state index contributed by atoms with van der Waals surface area (Å²) in [4.78, 5) is 22.4. The number of hydrogen-bond donors (Lipinski definition) is 1. The van der Waals surface area contributed by atoms with Gasteiger partial charge in [0.25, 0.3) is 5.91 Å². The summed E-state index contributed by atoms with van der Waals surface area (Å²) in [5, 5.41) is 13.6. The van der Waals surface area contributed by atoms with E-state index in [1.165, 1.54) is 6.92 Å². The normalized spacial score (nSPS) is 20.1. The highest BCUT2D eigenvalue weighted by atomic mass is 32.2. The van der Waals surface area contributed by atoms with Crippen molar-refractivity contribution in [2.45, 2.75) is 20.3 Å². The number of hydrogen-bond acceptors (Lipinski definition) is 5. The first-order valence-corrected chi connectivity index (χ1v) is 7.37. The van der Waals surface area contributed by atoms with Crippen molar-refractivity contribution in [2.24, 2.45) is 11.0 Å². The molecular formula is C10H16N2O5S. The van der Waals surface area contributed by atoms with E-state index in [1.54, 1.807) is 6.92 Å². The molecule has 0 aliphatic carbocycles. The average molecular weight is 276 g/mol. The zero-order valence-corrected chi connectivity index (χ0v) is 11.1. The number of carbonyl (C=O) groups excluding carboxylic acids is 1. The van der Waals surface area contributed by atoms with Crippen LogP contribution in [0.3, 0.4) is 0 Å². The van der Waals surface area contributed by atoms with Crippen molar-refractivity contribution in [3.63, 3.8) is 0 Å². The molecule has 0 fully saturated rings. The number of hydrazone groups is 1. The van der Waals surface area contributed by atoms with Gasteiger partial charge in [0.05, 0.1) is 24.6 Å². The Hall–Kier alpha value is -1.44. The quantitative estimate of drug-likeness (QED) is 0.719. The fourth-order valence-corrected chi connectivity index (χ4v) is 2.35. The second-order valence-corrected chi connectivity index (χ2v) is 6.56. The number of rotatable bonds is 6. The van der Waals surface area contributed by atoms with Gasteiger partial charge >= 0.3 is 5.97 Å². The molecule has 0 spiro atoms. The highest BCUT2D eigenvalue weighted by Crippen LogP contribution is 2.18. The molecule has 1 unspecified atom stereocenters. The third kappa shape index (κ3) is 3.52. The second-order valence-electron chi connectivity index (χ2n) is 4.09. The van der Waals surface area contributed by atoms with E-state index in [0.29, 0.717) is 5.71 Å². The molecule has 0 bridgehead atoms. The van der Waals surface area contributed by atoms with Gasteiger partial charge < -0.3 is 5.11 Å². The van der Waals surface area contributed by atoms with Crippen LogP contribution in [0.4, 0.5) is 0 Å². The molecule has 0 aromatic heterocycles. The molecule has 7 nitrogen and oxygen atoms in total. The first kappa shape index (κ1) is 14.6. The monoisotopic (exact) mass is 276 g/mol. The van der Waals surface area contributed by atoms with Crippen molar-refractivity contribution in [1.82, 2.24) is 5.01 Å². The van der Waals surface area contributed by atoms with Crippen LogP contribution < -0.4 is 0 Å². The number of carboxylic acids is 1. The number of carbonyl (C=O) groups is 2. The maximum Gasteiger partial charge on any atom is 0.304 e. The summed E-state index contributed by atoms with van der Waals surface area (Å²) >= 11 is 0. The first-order valence-electron chi connectivity index (χ1n) is 5.55. The minimum Gasteiger partial charge on any atom is -0.481 e. The maximum absolute atomic E-state index is 11.8. The summed E-state index contributed by atoms with van der Waals surface area (Å²) in [6.45, 7) is 3.07. The van der Waals surface area contributed by atoms with Gasteiger partial charge in [-0.25, -0.2) is 13.4 Å². The minimum absolute atomic E-state index is 0.0102. The van der Waals surface area contributed by atoms with Crippen molar-refractivity contribution in [3.8, 4) is 0 Å². The fourth-order valence-electron chi connectivity index (χ4n) is 1.61. The summed E-state index contributed by atoms with van der Waals surface area (Å²) in [6, 6.07) is 0. The van der Waals surface area contributed by atoms with E-state index in [-0.39, 0.29) is 24.5 Å². The van der Waals surface area contributed by atoms with Crippen LogP contribution in [-0.2, 0) is 19.4 Å². The molecule has 0 saturated heterocycles. The Morgan fingerprint density at radius 3 is 2.61 bits per heavy atom. The van der Waals surface area contributed by atoms with Gasteiger partial charge in [0.2, 0.25) is 0 Å². The summed E-state index contributed by atoms with van der Waals surface area (Å²) in [5.74, 6) is -2.44. The Balaban J connectivity index is 2.66. The van der Waals surface area contributed by atoms with E-state index in [0.717, 1.165) is 5.01 Å². The lowest BCUT2D eigenvalue weighted by Gasteiger charge is -2.13. The smallest absolute Gasteiger partial charge is 0.304 e. The van der Waals surface area contributed by atoms with E-state index >= 15 is 0 Å². The molecule has 1 heterocycles. The van der Waals surface area contributed by atoms with Gasteiger partial charge in [0.1, 0.15) is 0 Å². The minimum atomic E-state index is -3.17. The molecule has 0 aromatic rings. The number of aliphatic carboxylic acids is 1. The predicted octanol–water partition coefficient (Wildman–Crippen LogP) is -0.270. The van der Waals surface area contributed by atoms with Crippen molar-refractivity contribution >= 4 is 27.4 Å². The molecule has 8 heteroatoms. The summed E-state index contributed by atoms with van der Waals surface area (Å²) in [5.41, 5.74) is 0.413. The van der Waals surface area contributed by atoms with Gasteiger partial charge in [-0.05, 0) is 6.92 Å². The Labute approximate surface area is 105 Å². The van der Waals surface area contributed by atoms with E-state index in [4.69, 9.17) is 5.11 Å². The number of amides is 1. The second kappa shape index (κ2) is 5.47. The molecule has 1 aliphatic rings. The van der Waals surface area contributed by atoms with Gasteiger partial charge in [-0.1, -0.05) is 6.92 Å². The molecule has 1 amide bonds. The molecule has 0 aromatic carbocycles. The Bertz CT molecular complexity index is 482. The van der Waals surface area contributed by atoms with Crippen LogP contribution in [0.2, 0.25) is 0 Å². The largest absolute Gasteiger partial charge is 0.481 e. The van der Waals surface area contributed by atoms with Crippen LogP contribution in [0.1, 0.15) is 20.3 Å². The van der Waals surface area contributed by atoms with Crippen molar-refractivity contribution in [3.05, 3.63) is 0 Å².